The number of Topliss-reactive ketones (excluding diaryl/α,β-unsaturated/α-hetero) is 3. The van der Waals surface area contributed by atoms with Crippen LogP contribution < -0.4 is 0 Å². The lowest BCUT2D eigenvalue weighted by Crippen LogP contribution is -2.21. The smallest absolute Gasteiger partial charge is 0.183 e. The maximum Gasteiger partial charge on any atom is 0.183 e. The fourth-order valence-electron chi connectivity index (χ4n) is 3.07. The maximum atomic E-state index is 12.4. The van der Waals surface area contributed by atoms with E-state index in [0.29, 0.717) is 17.9 Å². The van der Waals surface area contributed by atoms with Crippen LogP contribution in [-0.2, 0) is 14.4 Å². The van der Waals surface area contributed by atoms with E-state index in [0.717, 1.165) is 16.7 Å². The molecule has 27 heavy (non-hydrogen) atoms. The number of ketones is 3. The van der Waals surface area contributed by atoms with E-state index in [2.05, 4.69) is 13.8 Å². The van der Waals surface area contributed by atoms with Gasteiger partial charge in [-0.3, -0.25) is 14.4 Å². The molecule has 0 aromatic carbocycles. The number of rotatable bonds is 10. The molecule has 0 fully saturated rings. The predicted octanol–water partition coefficient (Wildman–Crippen LogP) is 5.82. The molecule has 0 unspecified atom stereocenters. The lowest BCUT2D eigenvalue weighted by atomic mass is 9.93. The molecular weight excluding hydrogens is 336 g/mol. The van der Waals surface area contributed by atoms with Gasteiger partial charge in [-0.15, -0.1) is 0 Å². The van der Waals surface area contributed by atoms with Crippen LogP contribution in [0, 0.1) is 17.8 Å². The Morgan fingerprint density at radius 2 is 1.30 bits per heavy atom. The largest absolute Gasteiger partial charge is 0.299 e. The summed E-state index contributed by atoms with van der Waals surface area (Å²) in [7, 11) is 0. The molecule has 0 aliphatic rings. The van der Waals surface area contributed by atoms with Crippen molar-refractivity contribution in [3.05, 3.63) is 46.6 Å². The van der Waals surface area contributed by atoms with Crippen LogP contribution in [0.5, 0.6) is 0 Å². The molecule has 0 aromatic rings. The van der Waals surface area contributed by atoms with E-state index in [4.69, 9.17) is 0 Å². The first-order chi connectivity index (χ1) is 12.4. The lowest BCUT2D eigenvalue weighted by Gasteiger charge is -2.09. The standard InChI is InChI=1S/C24H36O3/c1-10-22(25)21(9)24(27)20(8)14-17(5)12-16(4)13-19(7)23(26)18(6)11-15(2)3/h11-16,21H,10H2,1-9H3/b17-12+,18-11+,19-13+,20-14+/t16-,21-/m1/s1. The molecule has 0 saturated carbocycles. The molecule has 0 bridgehead atoms. The minimum Gasteiger partial charge on any atom is -0.299 e. The second-order valence-corrected chi connectivity index (χ2v) is 7.78. The molecule has 0 amide bonds. The molecule has 3 heteroatoms. The summed E-state index contributed by atoms with van der Waals surface area (Å²) in [6.45, 7) is 16.9. The molecule has 0 aliphatic heterocycles. The Balaban J connectivity index is 5.26. The van der Waals surface area contributed by atoms with E-state index in [1.54, 1.807) is 20.8 Å². The predicted molar refractivity (Wildman–Crippen MR) is 114 cm³/mol. The monoisotopic (exact) mass is 372 g/mol. The molecule has 3 nitrogen and oxygen atoms in total. The third kappa shape index (κ3) is 8.94. The number of hydrogen-bond acceptors (Lipinski definition) is 3. The molecule has 0 aromatic heterocycles. The van der Waals surface area contributed by atoms with Crippen molar-refractivity contribution in [2.24, 2.45) is 17.8 Å². The fraction of sp³-hybridized carbons (Fsp3) is 0.542. The molecule has 0 N–H and O–H groups in total. The number of carbonyl (C=O) groups excluding carboxylic acids is 3. The van der Waals surface area contributed by atoms with Gasteiger partial charge in [0.1, 0.15) is 5.78 Å². The van der Waals surface area contributed by atoms with Gasteiger partial charge in [0.2, 0.25) is 0 Å². The Hall–Kier alpha value is -2.03. The third-order valence-electron chi connectivity index (χ3n) is 4.40. The van der Waals surface area contributed by atoms with E-state index in [1.807, 2.05) is 52.0 Å². The Bertz CT molecular complexity index is 684. The highest BCUT2D eigenvalue weighted by atomic mass is 16.2. The number of hydrogen-bond donors (Lipinski definition) is 0. The average molecular weight is 373 g/mol. The topological polar surface area (TPSA) is 51.2 Å². The van der Waals surface area contributed by atoms with Crippen molar-refractivity contribution in [2.45, 2.75) is 68.7 Å². The van der Waals surface area contributed by atoms with Crippen LogP contribution in [0.25, 0.3) is 0 Å². The summed E-state index contributed by atoms with van der Waals surface area (Å²) in [6.07, 6.45) is 8.11. The highest BCUT2D eigenvalue weighted by molar-refractivity contribution is 6.09. The van der Waals surface area contributed by atoms with Crippen LogP contribution in [0.2, 0.25) is 0 Å². The summed E-state index contributed by atoms with van der Waals surface area (Å²) in [5, 5.41) is 0. The minimum atomic E-state index is -0.591. The van der Waals surface area contributed by atoms with E-state index in [9.17, 15) is 14.4 Å². The second-order valence-electron chi connectivity index (χ2n) is 7.78. The molecule has 0 aliphatic carbocycles. The van der Waals surface area contributed by atoms with Gasteiger partial charge in [0.05, 0.1) is 5.92 Å². The van der Waals surface area contributed by atoms with E-state index >= 15 is 0 Å². The zero-order valence-electron chi connectivity index (χ0n) is 18.5. The Morgan fingerprint density at radius 3 is 1.78 bits per heavy atom. The van der Waals surface area contributed by atoms with Crippen molar-refractivity contribution in [1.29, 1.82) is 0 Å². The molecule has 0 heterocycles. The zero-order valence-corrected chi connectivity index (χ0v) is 18.5. The second kappa shape index (κ2) is 11.6. The highest BCUT2D eigenvalue weighted by Gasteiger charge is 2.20. The van der Waals surface area contributed by atoms with Gasteiger partial charge in [-0.05, 0) is 63.2 Å². The molecule has 0 rings (SSSR count). The summed E-state index contributed by atoms with van der Waals surface area (Å²) >= 11 is 0. The fourth-order valence-corrected chi connectivity index (χ4v) is 3.07. The maximum absolute atomic E-state index is 12.4. The van der Waals surface area contributed by atoms with Gasteiger partial charge in [-0.25, -0.2) is 0 Å². The Kier molecular flexibility index (Phi) is 10.8. The van der Waals surface area contributed by atoms with Crippen LogP contribution in [-0.4, -0.2) is 17.3 Å². The molecule has 2 atom stereocenters. The van der Waals surface area contributed by atoms with Crippen molar-refractivity contribution in [3.63, 3.8) is 0 Å². The first-order valence-corrected chi connectivity index (χ1v) is 9.75. The van der Waals surface area contributed by atoms with Crippen molar-refractivity contribution in [2.75, 3.05) is 0 Å². The van der Waals surface area contributed by atoms with Crippen LogP contribution in [0.4, 0.5) is 0 Å². The van der Waals surface area contributed by atoms with Gasteiger partial charge in [0.25, 0.3) is 0 Å². The molecular formula is C24H36O3. The summed E-state index contributed by atoms with van der Waals surface area (Å²) in [4.78, 5) is 36.4. The normalized spacial score (nSPS) is 16.4. The summed E-state index contributed by atoms with van der Waals surface area (Å²) < 4.78 is 0. The molecule has 0 radical (unpaired) electrons. The van der Waals surface area contributed by atoms with Gasteiger partial charge >= 0.3 is 0 Å². The van der Waals surface area contributed by atoms with E-state index < -0.39 is 5.92 Å². The summed E-state index contributed by atoms with van der Waals surface area (Å²) in [6, 6.07) is 0. The Labute approximate surface area is 165 Å². The molecule has 150 valence electrons. The SMILES string of the molecule is CCC(=O)[C@@H](C)C(=O)/C(C)=C/C(C)=C/[C@@H](C)/C=C(\C)C(=O)/C(C)=C/C(C)C. The van der Waals surface area contributed by atoms with Crippen LogP contribution in [0.3, 0.4) is 0 Å². The van der Waals surface area contributed by atoms with Gasteiger partial charge in [-0.2, -0.15) is 0 Å². The summed E-state index contributed by atoms with van der Waals surface area (Å²) in [5.41, 5.74) is 3.01. The van der Waals surface area contributed by atoms with Crippen LogP contribution in [0.1, 0.15) is 68.7 Å². The minimum absolute atomic E-state index is 0.0374. The van der Waals surface area contributed by atoms with Gasteiger partial charge < -0.3 is 0 Å². The van der Waals surface area contributed by atoms with Crippen molar-refractivity contribution in [1.82, 2.24) is 0 Å². The van der Waals surface area contributed by atoms with E-state index in [-0.39, 0.29) is 23.3 Å². The van der Waals surface area contributed by atoms with Crippen LogP contribution >= 0.6 is 0 Å². The first-order valence-electron chi connectivity index (χ1n) is 9.75. The van der Waals surface area contributed by atoms with Crippen molar-refractivity contribution < 1.29 is 14.4 Å². The van der Waals surface area contributed by atoms with Gasteiger partial charge in [0.15, 0.2) is 11.6 Å². The van der Waals surface area contributed by atoms with Crippen molar-refractivity contribution in [3.8, 4) is 0 Å². The lowest BCUT2D eigenvalue weighted by molar-refractivity contribution is -0.129. The highest BCUT2D eigenvalue weighted by Crippen LogP contribution is 2.16. The quantitative estimate of drug-likeness (QED) is 0.276. The average Bonchev–Trinajstić information content (AvgIpc) is 2.57. The number of carbonyl (C=O) groups is 3. The van der Waals surface area contributed by atoms with Crippen LogP contribution in [0.15, 0.2) is 46.6 Å². The van der Waals surface area contributed by atoms with Crippen molar-refractivity contribution >= 4 is 17.3 Å². The zero-order chi connectivity index (χ0) is 21.3. The first kappa shape index (κ1) is 25.0. The van der Waals surface area contributed by atoms with Gasteiger partial charge in [0, 0.05) is 6.42 Å². The third-order valence-corrected chi connectivity index (χ3v) is 4.40. The number of allylic oxidation sites excluding steroid dienone is 8. The Morgan fingerprint density at radius 1 is 0.778 bits per heavy atom. The van der Waals surface area contributed by atoms with E-state index in [1.165, 1.54) is 0 Å². The van der Waals surface area contributed by atoms with Gasteiger partial charge in [-0.1, -0.05) is 57.6 Å². The summed E-state index contributed by atoms with van der Waals surface area (Å²) in [5.74, 6) is -0.283. The molecule has 0 saturated heterocycles. The molecule has 0 spiro atoms.